The Morgan fingerprint density at radius 3 is 2.74 bits per heavy atom. The third-order valence-corrected chi connectivity index (χ3v) is 4.19. The van der Waals surface area contributed by atoms with Crippen molar-refractivity contribution in [2.75, 3.05) is 27.2 Å². The molecule has 0 spiro atoms. The fourth-order valence-electron chi connectivity index (χ4n) is 3.06. The van der Waals surface area contributed by atoms with Gasteiger partial charge in [-0.15, -0.1) is 0 Å². The molecule has 0 radical (unpaired) electrons. The molecule has 1 aliphatic heterocycles. The van der Waals surface area contributed by atoms with Crippen LogP contribution in [-0.2, 0) is 6.54 Å². The van der Waals surface area contributed by atoms with Crippen LogP contribution in [0.15, 0.2) is 36.9 Å². The van der Waals surface area contributed by atoms with Crippen molar-refractivity contribution in [1.29, 1.82) is 0 Å². The standard InChI is InChI=1S/C17H23N5O/c1-20(2)10-14-5-7-15(8-6-14)17(23)21-9-3-4-16(11-21)22-13-18-12-19-22/h5-8,12-13,16H,3-4,9-11H2,1-2H3. The topological polar surface area (TPSA) is 54.3 Å². The highest BCUT2D eigenvalue weighted by Gasteiger charge is 2.25. The van der Waals surface area contributed by atoms with Gasteiger partial charge in [-0.2, -0.15) is 5.10 Å². The van der Waals surface area contributed by atoms with E-state index in [9.17, 15) is 4.79 Å². The molecule has 2 heterocycles. The molecule has 0 N–H and O–H groups in total. The summed E-state index contributed by atoms with van der Waals surface area (Å²) < 4.78 is 1.86. The second-order valence-corrected chi connectivity index (χ2v) is 6.36. The van der Waals surface area contributed by atoms with E-state index in [4.69, 9.17) is 0 Å². The number of aromatic nitrogens is 3. The van der Waals surface area contributed by atoms with Gasteiger partial charge < -0.3 is 9.80 Å². The van der Waals surface area contributed by atoms with Gasteiger partial charge in [-0.3, -0.25) is 4.79 Å². The summed E-state index contributed by atoms with van der Waals surface area (Å²) in [5.74, 6) is 0.103. The van der Waals surface area contributed by atoms with E-state index in [2.05, 4.69) is 15.0 Å². The highest BCUT2D eigenvalue weighted by molar-refractivity contribution is 5.94. The number of carbonyl (C=O) groups is 1. The molecule has 1 saturated heterocycles. The van der Waals surface area contributed by atoms with Gasteiger partial charge in [0.15, 0.2) is 0 Å². The molecule has 6 nitrogen and oxygen atoms in total. The lowest BCUT2D eigenvalue weighted by molar-refractivity contribution is 0.0672. The molecule has 3 rings (SSSR count). The summed E-state index contributed by atoms with van der Waals surface area (Å²) in [7, 11) is 4.08. The van der Waals surface area contributed by atoms with E-state index in [-0.39, 0.29) is 11.9 Å². The van der Waals surface area contributed by atoms with Crippen LogP contribution in [-0.4, -0.2) is 57.7 Å². The quantitative estimate of drug-likeness (QED) is 0.864. The Kier molecular flexibility index (Phi) is 4.71. The van der Waals surface area contributed by atoms with Crippen molar-refractivity contribution >= 4 is 5.91 Å². The smallest absolute Gasteiger partial charge is 0.253 e. The number of hydrogen-bond donors (Lipinski definition) is 0. The molecule has 23 heavy (non-hydrogen) atoms. The third-order valence-electron chi connectivity index (χ3n) is 4.19. The molecule has 2 aromatic rings. The molecule has 6 heteroatoms. The van der Waals surface area contributed by atoms with Crippen molar-refractivity contribution < 1.29 is 4.79 Å². The molecule has 1 aromatic carbocycles. The van der Waals surface area contributed by atoms with Crippen molar-refractivity contribution in [3.63, 3.8) is 0 Å². The lowest BCUT2D eigenvalue weighted by atomic mass is 10.0. The molecule has 1 atom stereocenters. The maximum atomic E-state index is 12.7. The van der Waals surface area contributed by atoms with Crippen LogP contribution in [0.2, 0.25) is 0 Å². The zero-order valence-electron chi connectivity index (χ0n) is 13.7. The van der Waals surface area contributed by atoms with Gasteiger partial charge in [-0.05, 0) is 44.6 Å². The van der Waals surface area contributed by atoms with Crippen LogP contribution < -0.4 is 0 Å². The van der Waals surface area contributed by atoms with Crippen molar-refractivity contribution in [3.8, 4) is 0 Å². The number of piperidine rings is 1. The first-order valence-electron chi connectivity index (χ1n) is 8.00. The van der Waals surface area contributed by atoms with E-state index in [1.807, 2.05) is 47.9 Å². The van der Waals surface area contributed by atoms with E-state index in [0.717, 1.165) is 31.5 Å². The minimum absolute atomic E-state index is 0.103. The fraction of sp³-hybridized carbons (Fsp3) is 0.471. The zero-order chi connectivity index (χ0) is 16.2. The summed E-state index contributed by atoms with van der Waals surface area (Å²) in [6, 6.07) is 8.15. The average Bonchev–Trinajstić information content (AvgIpc) is 3.09. The predicted molar refractivity (Wildman–Crippen MR) is 88.0 cm³/mol. The molecule has 1 amide bonds. The Morgan fingerprint density at radius 1 is 1.30 bits per heavy atom. The first kappa shape index (κ1) is 15.7. The Labute approximate surface area is 136 Å². The fourth-order valence-corrected chi connectivity index (χ4v) is 3.06. The predicted octanol–water partition coefficient (Wildman–Crippen LogP) is 1.82. The van der Waals surface area contributed by atoms with E-state index >= 15 is 0 Å². The Bertz CT molecular complexity index is 636. The van der Waals surface area contributed by atoms with Crippen molar-refractivity contribution in [1.82, 2.24) is 24.6 Å². The second-order valence-electron chi connectivity index (χ2n) is 6.36. The van der Waals surface area contributed by atoms with Crippen LogP contribution in [0.25, 0.3) is 0 Å². The second kappa shape index (κ2) is 6.91. The molecule has 0 saturated carbocycles. The highest BCUT2D eigenvalue weighted by Crippen LogP contribution is 2.22. The van der Waals surface area contributed by atoms with E-state index in [1.54, 1.807) is 12.7 Å². The Morgan fingerprint density at radius 2 is 2.09 bits per heavy atom. The minimum atomic E-state index is 0.103. The molecule has 1 fully saturated rings. The third kappa shape index (κ3) is 3.76. The molecule has 0 bridgehead atoms. The van der Waals surface area contributed by atoms with Crippen molar-refractivity contribution in [2.45, 2.75) is 25.4 Å². The van der Waals surface area contributed by atoms with E-state index in [1.165, 1.54) is 5.56 Å². The van der Waals surface area contributed by atoms with Gasteiger partial charge in [-0.1, -0.05) is 12.1 Å². The number of rotatable bonds is 4. The van der Waals surface area contributed by atoms with Crippen LogP contribution in [0, 0.1) is 0 Å². The number of benzene rings is 1. The van der Waals surface area contributed by atoms with Gasteiger partial charge in [0.2, 0.25) is 0 Å². The number of nitrogens with zero attached hydrogens (tertiary/aromatic N) is 5. The number of carbonyl (C=O) groups excluding carboxylic acids is 1. The highest BCUT2D eigenvalue weighted by atomic mass is 16.2. The molecule has 1 aliphatic rings. The molecule has 122 valence electrons. The van der Waals surface area contributed by atoms with E-state index < -0.39 is 0 Å². The largest absolute Gasteiger partial charge is 0.337 e. The molecule has 1 aromatic heterocycles. The van der Waals surface area contributed by atoms with Crippen LogP contribution in [0.3, 0.4) is 0 Å². The lowest BCUT2D eigenvalue weighted by Crippen LogP contribution is -2.40. The number of hydrogen-bond acceptors (Lipinski definition) is 4. The van der Waals surface area contributed by atoms with Crippen LogP contribution in [0.4, 0.5) is 0 Å². The minimum Gasteiger partial charge on any atom is -0.337 e. The van der Waals surface area contributed by atoms with Crippen molar-refractivity contribution in [3.05, 3.63) is 48.0 Å². The first-order chi connectivity index (χ1) is 11.1. The van der Waals surface area contributed by atoms with E-state index in [0.29, 0.717) is 6.54 Å². The summed E-state index contributed by atoms with van der Waals surface area (Å²) in [6.07, 6.45) is 5.31. The number of amides is 1. The summed E-state index contributed by atoms with van der Waals surface area (Å²) in [5.41, 5.74) is 1.97. The van der Waals surface area contributed by atoms with Crippen molar-refractivity contribution in [2.24, 2.45) is 0 Å². The Hall–Kier alpha value is -2.21. The summed E-state index contributed by atoms with van der Waals surface area (Å²) in [5, 5.41) is 4.21. The first-order valence-corrected chi connectivity index (χ1v) is 8.00. The van der Waals surface area contributed by atoms with Crippen LogP contribution >= 0.6 is 0 Å². The van der Waals surface area contributed by atoms with Gasteiger partial charge in [0.25, 0.3) is 5.91 Å². The molecular weight excluding hydrogens is 290 g/mol. The van der Waals surface area contributed by atoms with Gasteiger partial charge in [0.1, 0.15) is 12.7 Å². The van der Waals surface area contributed by atoms with Gasteiger partial charge in [-0.25, -0.2) is 9.67 Å². The van der Waals surface area contributed by atoms with Gasteiger partial charge in [0.05, 0.1) is 6.04 Å². The summed E-state index contributed by atoms with van der Waals surface area (Å²) in [6.45, 7) is 2.39. The van der Waals surface area contributed by atoms with Gasteiger partial charge in [0, 0.05) is 25.2 Å². The zero-order valence-corrected chi connectivity index (χ0v) is 13.7. The van der Waals surface area contributed by atoms with Crippen LogP contribution in [0.1, 0.15) is 34.8 Å². The summed E-state index contributed by atoms with van der Waals surface area (Å²) in [4.78, 5) is 20.8. The Balaban J connectivity index is 1.67. The molecular formula is C17H23N5O. The molecule has 1 unspecified atom stereocenters. The van der Waals surface area contributed by atoms with Gasteiger partial charge >= 0.3 is 0 Å². The normalized spacial score (nSPS) is 18.4. The maximum Gasteiger partial charge on any atom is 0.253 e. The maximum absolute atomic E-state index is 12.7. The SMILES string of the molecule is CN(C)Cc1ccc(C(=O)N2CCCC(n3cncn3)C2)cc1. The summed E-state index contributed by atoms with van der Waals surface area (Å²) >= 11 is 0. The monoisotopic (exact) mass is 313 g/mol. The lowest BCUT2D eigenvalue weighted by Gasteiger charge is -2.32. The number of likely N-dealkylation sites (tertiary alicyclic amines) is 1. The molecule has 0 aliphatic carbocycles. The average molecular weight is 313 g/mol. The van der Waals surface area contributed by atoms with Crippen LogP contribution in [0.5, 0.6) is 0 Å².